The van der Waals surface area contributed by atoms with Crippen LogP contribution in [0.4, 0.5) is 0 Å². The summed E-state index contributed by atoms with van der Waals surface area (Å²) < 4.78 is 0. The number of piperidine rings is 2. The Balaban J connectivity index is 2.02. The number of nitrogens with one attached hydrogen (secondary N) is 2. The summed E-state index contributed by atoms with van der Waals surface area (Å²) in [4.78, 5) is 11.2. The Bertz CT molecular complexity index is 179. The van der Waals surface area contributed by atoms with E-state index in [1.807, 2.05) is 0 Å². The highest BCUT2D eigenvalue weighted by atomic mass is 16.1. The lowest BCUT2D eigenvalue weighted by molar-refractivity contribution is -0.125. The third-order valence-corrected chi connectivity index (χ3v) is 2.94. The van der Waals surface area contributed by atoms with Gasteiger partial charge in [0, 0.05) is 13.0 Å². The Kier molecular flexibility index (Phi) is 2.05. The maximum Gasteiger partial charge on any atom is 0.220 e. The molecule has 68 valence electrons. The lowest BCUT2D eigenvalue weighted by Crippen LogP contribution is -2.59. The molecule has 2 aliphatic rings. The van der Waals surface area contributed by atoms with Gasteiger partial charge in [-0.3, -0.25) is 4.79 Å². The molecule has 0 aromatic carbocycles. The van der Waals surface area contributed by atoms with Crippen LogP contribution in [0.3, 0.4) is 0 Å². The normalized spacial score (nSPS) is 36.5. The second-order valence-electron chi connectivity index (χ2n) is 3.96. The average molecular weight is 168 g/mol. The summed E-state index contributed by atoms with van der Waals surface area (Å²) >= 11 is 0. The molecule has 2 saturated heterocycles. The minimum Gasteiger partial charge on any atom is -0.349 e. The first kappa shape index (κ1) is 8.05. The maximum atomic E-state index is 11.2. The van der Waals surface area contributed by atoms with Crippen molar-refractivity contribution in [3.8, 4) is 0 Å². The molecule has 0 saturated carbocycles. The quantitative estimate of drug-likeness (QED) is 0.550. The molecule has 3 heteroatoms. The van der Waals surface area contributed by atoms with Gasteiger partial charge in [-0.25, -0.2) is 0 Å². The van der Waals surface area contributed by atoms with Crippen molar-refractivity contribution in [3.05, 3.63) is 0 Å². The molecule has 12 heavy (non-hydrogen) atoms. The van der Waals surface area contributed by atoms with Crippen LogP contribution >= 0.6 is 0 Å². The van der Waals surface area contributed by atoms with Crippen molar-refractivity contribution < 1.29 is 4.79 Å². The highest BCUT2D eigenvalue weighted by molar-refractivity contribution is 5.77. The molecule has 0 aromatic heterocycles. The Morgan fingerprint density at radius 2 is 2.08 bits per heavy atom. The molecule has 2 fully saturated rings. The smallest absolute Gasteiger partial charge is 0.220 e. The highest BCUT2D eigenvalue weighted by Gasteiger charge is 2.35. The number of carbonyl (C=O) groups is 1. The predicted molar refractivity (Wildman–Crippen MR) is 46.8 cm³/mol. The summed E-state index contributed by atoms with van der Waals surface area (Å²) in [7, 11) is 0. The molecule has 2 rings (SSSR count). The zero-order valence-electron chi connectivity index (χ0n) is 7.36. The lowest BCUT2D eigenvalue weighted by Gasteiger charge is -2.41. The largest absolute Gasteiger partial charge is 0.349 e. The molecule has 1 spiro atoms. The number of carbonyl (C=O) groups excluding carboxylic acids is 1. The van der Waals surface area contributed by atoms with Crippen LogP contribution in [0.1, 0.15) is 32.1 Å². The van der Waals surface area contributed by atoms with E-state index in [-0.39, 0.29) is 11.4 Å². The van der Waals surface area contributed by atoms with Gasteiger partial charge in [-0.1, -0.05) is 0 Å². The third kappa shape index (κ3) is 1.46. The molecule has 0 unspecified atom stereocenters. The Hall–Kier alpha value is -0.570. The van der Waals surface area contributed by atoms with Gasteiger partial charge in [-0.15, -0.1) is 0 Å². The van der Waals surface area contributed by atoms with Crippen molar-refractivity contribution in [3.63, 3.8) is 0 Å². The van der Waals surface area contributed by atoms with Gasteiger partial charge in [0.05, 0.1) is 5.54 Å². The maximum absolute atomic E-state index is 11.2. The van der Waals surface area contributed by atoms with Crippen LogP contribution in [0, 0.1) is 0 Å². The van der Waals surface area contributed by atoms with E-state index in [2.05, 4.69) is 10.6 Å². The van der Waals surface area contributed by atoms with Crippen LogP contribution < -0.4 is 10.6 Å². The van der Waals surface area contributed by atoms with Crippen LogP contribution in [0.15, 0.2) is 0 Å². The summed E-state index contributed by atoms with van der Waals surface area (Å²) in [5.74, 6) is 0.241. The van der Waals surface area contributed by atoms with Crippen molar-refractivity contribution in [1.82, 2.24) is 10.6 Å². The second kappa shape index (κ2) is 3.05. The van der Waals surface area contributed by atoms with E-state index in [1.54, 1.807) is 0 Å². The first-order valence-electron chi connectivity index (χ1n) is 4.83. The van der Waals surface area contributed by atoms with E-state index in [1.165, 1.54) is 6.42 Å². The zero-order chi connectivity index (χ0) is 8.44. The standard InChI is InChI=1S/C9H16N2O/c12-8-3-1-4-9(11-8)5-2-6-10-7-9/h10H,1-7H2,(H,11,12)/t9-/m1/s1. The number of rotatable bonds is 0. The number of hydrogen-bond donors (Lipinski definition) is 2. The average Bonchev–Trinajstić information content (AvgIpc) is 2.05. The Labute approximate surface area is 72.9 Å². The van der Waals surface area contributed by atoms with Crippen molar-refractivity contribution in [2.75, 3.05) is 13.1 Å². The van der Waals surface area contributed by atoms with Crippen LogP contribution in [-0.4, -0.2) is 24.5 Å². The molecule has 2 N–H and O–H groups in total. The van der Waals surface area contributed by atoms with Crippen LogP contribution in [0.2, 0.25) is 0 Å². The highest BCUT2D eigenvalue weighted by Crippen LogP contribution is 2.26. The van der Waals surface area contributed by atoms with Crippen molar-refractivity contribution >= 4 is 5.91 Å². The molecule has 2 aliphatic heterocycles. The summed E-state index contributed by atoms with van der Waals surface area (Å²) in [6.07, 6.45) is 5.30. The lowest BCUT2D eigenvalue weighted by atomic mass is 9.82. The van der Waals surface area contributed by atoms with Gasteiger partial charge in [0.2, 0.25) is 5.91 Å². The SMILES string of the molecule is O=C1CCC[C@]2(CCCNC2)N1. The third-order valence-electron chi connectivity index (χ3n) is 2.94. The topological polar surface area (TPSA) is 41.1 Å². The molecular formula is C9H16N2O. The van der Waals surface area contributed by atoms with Gasteiger partial charge in [0.15, 0.2) is 0 Å². The predicted octanol–water partition coefficient (Wildman–Crippen LogP) is 0.409. The van der Waals surface area contributed by atoms with E-state index in [4.69, 9.17) is 0 Å². The van der Waals surface area contributed by atoms with Crippen molar-refractivity contribution in [2.45, 2.75) is 37.6 Å². The molecule has 0 bridgehead atoms. The molecule has 2 heterocycles. The van der Waals surface area contributed by atoms with Crippen molar-refractivity contribution in [1.29, 1.82) is 0 Å². The van der Waals surface area contributed by atoms with Crippen molar-refractivity contribution in [2.24, 2.45) is 0 Å². The minimum absolute atomic E-state index is 0.119. The number of hydrogen-bond acceptors (Lipinski definition) is 2. The minimum atomic E-state index is 0.119. The number of amides is 1. The second-order valence-corrected chi connectivity index (χ2v) is 3.96. The van der Waals surface area contributed by atoms with Gasteiger partial charge in [0.25, 0.3) is 0 Å². The molecule has 3 nitrogen and oxygen atoms in total. The van der Waals surface area contributed by atoms with Gasteiger partial charge in [0.1, 0.15) is 0 Å². The zero-order valence-corrected chi connectivity index (χ0v) is 7.36. The molecule has 1 amide bonds. The fourth-order valence-corrected chi connectivity index (χ4v) is 2.30. The summed E-state index contributed by atoms with van der Waals surface area (Å²) in [5, 5.41) is 6.48. The molecule has 0 aliphatic carbocycles. The van der Waals surface area contributed by atoms with E-state index >= 15 is 0 Å². The fraction of sp³-hybridized carbons (Fsp3) is 0.889. The van der Waals surface area contributed by atoms with Gasteiger partial charge in [-0.2, -0.15) is 0 Å². The van der Waals surface area contributed by atoms with Gasteiger partial charge < -0.3 is 10.6 Å². The summed E-state index contributed by atoms with van der Waals surface area (Å²) in [6, 6.07) is 0. The van der Waals surface area contributed by atoms with E-state index in [9.17, 15) is 4.79 Å². The van der Waals surface area contributed by atoms with E-state index in [0.29, 0.717) is 0 Å². The summed E-state index contributed by atoms with van der Waals surface area (Å²) in [6.45, 7) is 2.08. The summed E-state index contributed by atoms with van der Waals surface area (Å²) in [5.41, 5.74) is 0.119. The molecule has 1 atom stereocenters. The van der Waals surface area contributed by atoms with Gasteiger partial charge in [-0.05, 0) is 32.2 Å². The molecule has 0 radical (unpaired) electrons. The molecular weight excluding hydrogens is 152 g/mol. The first-order chi connectivity index (χ1) is 5.81. The van der Waals surface area contributed by atoms with Crippen LogP contribution in [-0.2, 0) is 4.79 Å². The first-order valence-corrected chi connectivity index (χ1v) is 4.83. The molecule has 0 aromatic rings. The van der Waals surface area contributed by atoms with Gasteiger partial charge >= 0.3 is 0 Å². The fourth-order valence-electron chi connectivity index (χ4n) is 2.30. The Morgan fingerprint density at radius 1 is 1.25 bits per heavy atom. The van der Waals surface area contributed by atoms with E-state index < -0.39 is 0 Å². The van der Waals surface area contributed by atoms with Crippen LogP contribution in [0.25, 0.3) is 0 Å². The van der Waals surface area contributed by atoms with E-state index in [0.717, 1.165) is 38.8 Å². The monoisotopic (exact) mass is 168 g/mol. The van der Waals surface area contributed by atoms with Crippen LogP contribution in [0.5, 0.6) is 0 Å². The Morgan fingerprint density at radius 3 is 2.75 bits per heavy atom.